The second-order valence-corrected chi connectivity index (χ2v) is 7.26. The predicted molar refractivity (Wildman–Crippen MR) is 114 cm³/mol. The van der Waals surface area contributed by atoms with Crippen molar-refractivity contribution in [2.75, 3.05) is 13.2 Å². The minimum atomic E-state index is -1.29. The second kappa shape index (κ2) is 9.72. The van der Waals surface area contributed by atoms with Gasteiger partial charge >= 0.3 is 12.0 Å². The standard InChI is InChI=1S/C21H18Cl2N2O6/c1-2-30-18-9-12(8-16-20(28)25(10-19(26)27)21(29)24-16)4-6-17(18)31-11-13-3-5-14(22)15(23)7-13/h3-9H,2,10-11H2,1H3,(H,24,29)(H,26,27)/b16-8+. The lowest BCUT2D eigenvalue weighted by molar-refractivity contribution is -0.140. The number of halogens is 2. The molecule has 1 heterocycles. The summed E-state index contributed by atoms with van der Waals surface area (Å²) in [7, 11) is 0. The number of urea groups is 1. The number of amides is 3. The van der Waals surface area contributed by atoms with Gasteiger partial charge in [-0.3, -0.25) is 9.59 Å². The Kier molecular flexibility index (Phi) is 7.04. The van der Waals surface area contributed by atoms with Crippen LogP contribution in [0.15, 0.2) is 42.1 Å². The van der Waals surface area contributed by atoms with Crippen molar-refractivity contribution < 1.29 is 29.0 Å². The van der Waals surface area contributed by atoms with Crippen molar-refractivity contribution in [2.45, 2.75) is 13.5 Å². The number of hydrogen-bond acceptors (Lipinski definition) is 5. The van der Waals surface area contributed by atoms with E-state index in [9.17, 15) is 14.4 Å². The topological polar surface area (TPSA) is 105 Å². The first-order valence-electron chi connectivity index (χ1n) is 9.18. The number of carbonyl (C=O) groups is 3. The number of imide groups is 1. The lowest BCUT2D eigenvalue weighted by atomic mass is 10.1. The zero-order valence-electron chi connectivity index (χ0n) is 16.4. The molecule has 0 atom stereocenters. The van der Waals surface area contributed by atoms with Gasteiger partial charge < -0.3 is 19.9 Å². The maximum Gasteiger partial charge on any atom is 0.329 e. The van der Waals surface area contributed by atoms with Crippen molar-refractivity contribution in [2.24, 2.45) is 0 Å². The lowest BCUT2D eigenvalue weighted by Crippen LogP contribution is -2.35. The van der Waals surface area contributed by atoms with Crippen LogP contribution >= 0.6 is 23.2 Å². The van der Waals surface area contributed by atoms with Crippen LogP contribution in [0.3, 0.4) is 0 Å². The highest BCUT2D eigenvalue weighted by Crippen LogP contribution is 2.31. The van der Waals surface area contributed by atoms with E-state index in [-0.39, 0.29) is 12.3 Å². The third-order valence-electron chi connectivity index (χ3n) is 4.21. The molecule has 1 aliphatic rings. The second-order valence-electron chi connectivity index (χ2n) is 6.45. The van der Waals surface area contributed by atoms with Gasteiger partial charge in [0.05, 0.1) is 16.7 Å². The summed E-state index contributed by atoms with van der Waals surface area (Å²) in [5.41, 5.74) is 1.35. The van der Waals surface area contributed by atoms with E-state index in [0.717, 1.165) is 5.56 Å². The van der Waals surface area contributed by atoms with E-state index in [1.54, 1.807) is 36.4 Å². The number of ether oxygens (including phenoxy) is 2. The first-order valence-corrected chi connectivity index (χ1v) is 9.94. The Morgan fingerprint density at radius 1 is 1.10 bits per heavy atom. The largest absolute Gasteiger partial charge is 0.490 e. The normalized spacial score (nSPS) is 14.7. The monoisotopic (exact) mass is 464 g/mol. The Labute approximate surface area is 187 Å². The summed E-state index contributed by atoms with van der Waals surface area (Å²) in [4.78, 5) is 35.6. The molecule has 0 saturated carbocycles. The summed E-state index contributed by atoms with van der Waals surface area (Å²) < 4.78 is 11.5. The van der Waals surface area contributed by atoms with Crippen LogP contribution in [0, 0.1) is 0 Å². The van der Waals surface area contributed by atoms with Crippen molar-refractivity contribution in [3.63, 3.8) is 0 Å². The van der Waals surface area contributed by atoms with Gasteiger partial charge in [0.1, 0.15) is 18.8 Å². The molecule has 0 aliphatic carbocycles. The first kappa shape index (κ1) is 22.5. The molecule has 31 heavy (non-hydrogen) atoms. The molecule has 162 valence electrons. The van der Waals surface area contributed by atoms with E-state index in [0.29, 0.717) is 38.6 Å². The number of nitrogens with one attached hydrogen (secondary N) is 1. The van der Waals surface area contributed by atoms with Gasteiger partial charge in [0, 0.05) is 0 Å². The minimum absolute atomic E-state index is 0.0295. The molecule has 2 aromatic rings. The summed E-state index contributed by atoms with van der Waals surface area (Å²) >= 11 is 12.0. The number of benzene rings is 2. The summed E-state index contributed by atoms with van der Waals surface area (Å²) in [6.45, 7) is 1.72. The van der Waals surface area contributed by atoms with Gasteiger partial charge in [-0.2, -0.15) is 0 Å². The van der Waals surface area contributed by atoms with Crippen molar-refractivity contribution in [3.8, 4) is 11.5 Å². The maximum absolute atomic E-state index is 12.3. The van der Waals surface area contributed by atoms with Crippen molar-refractivity contribution in [1.29, 1.82) is 0 Å². The molecule has 1 aliphatic heterocycles. The number of hydrogen-bond donors (Lipinski definition) is 2. The predicted octanol–water partition coefficient (Wildman–Crippen LogP) is 3.95. The summed E-state index contributed by atoms with van der Waals surface area (Å²) in [6, 6.07) is 9.40. The SMILES string of the molecule is CCOc1cc(/C=C2/NC(=O)N(CC(=O)O)C2=O)ccc1OCc1ccc(Cl)c(Cl)c1. The van der Waals surface area contributed by atoms with Gasteiger partial charge in [-0.15, -0.1) is 0 Å². The fourth-order valence-corrected chi connectivity index (χ4v) is 3.13. The highest BCUT2D eigenvalue weighted by molar-refractivity contribution is 6.42. The Hall–Kier alpha value is -3.23. The van der Waals surface area contributed by atoms with Gasteiger partial charge in [-0.1, -0.05) is 35.3 Å². The van der Waals surface area contributed by atoms with E-state index in [4.69, 9.17) is 37.8 Å². The van der Waals surface area contributed by atoms with Crippen molar-refractivity contribution in [3.05, 3.63) is 63.3 Å². The van der Waals surface area contributed by atoms with Crippen LogP contribution in [0.1, 0.15) is 18.1 Å². The molecule has 10 heteroatoms. The van der Waals surface area contributed by atoms with Gasteiger partial charge in [0.15, 0.2) is 11.5 Å². The molecule has 1 saturated heterocycles. The Balaban J connectivity index is 1.79. The highest BCUT2D eigenvalue weighted by Gasteiger charge is 2.34. The van der Waals surface area contributed by atoms with E-state index < -0.39 is 24.5 Å². The smallest absolute Gasteiger partial charge is 0.329 e. The fourth-order valence-electron chi connectivity index (χ4n) is 2.81. The molecule has 2 N–H and O–H groups in total. The van der Waals surface area contributed by atoms with Crippen LogP contribution in [0.5, 0.6) is 11.5 Å². The molecular formula is C21H18Cl2N2O6. The molecule has 0 unspecified atom stereocenters. The maximum atomic E-state index is 12.3. The zero-order valence-corrected chi connectivity index (χ0v) is 17.9. The third-order valence-corrected chi connectivity index (χ3v) is 4.95. The number of carbonyl (C=O) groups excluding carboxylic acids is 2. The summed E-state index contributed by atoms with van der Waals surface area (Å²) in [5.74, 6) is -1.09. The molecule has 0 aromatic heterocycles. The van der Waals surface area contributed by atoms with Gasteiger partial charge in [-0.25, -0.2) is 9.69 Å². The number of nitrogens with zero attached hydrogens (tertiary/aromatic N) is 1. The summed E-state index contributed by atoms with van der Waals surface area (Å²) in [6.07, 6.45) is 1.44. The highest BCUT2D eigenvalue weighted by atomic mass is 35.5. The third kappa shape index (κ3) is 5.48. The van der Waals surface area contributed by atoms with E-state index in [2.05, 4.69) is 5.32 Å². The van der Waals surface area contributed by atoms with Crippen LogP contribution < -0.4 is 14.8 Å². The first-order chi connectivity index (χ1) is 14.8. The fraction of sp³-hybridized carbons (Fsp3) is 0.190. The van der Waals surface area contributed by atoms with E-state index in [1.807, 2.05) is 6.92 Å². The number of carboxylic acids is 1. The Morgan fingerprint density at radius 3 is 2.55 bits per heavy atom. The van der Waals surface area contributed by atoms with Crippen LogP contribution in [-0.4, -0.2) is 41.1 Å². The van der Waals surface area contributed by atoms with E-state index in [1.165, 1.54) is 6.08 Å². The molecule has 1 fully saturated rings. The van der Waals surface area contributed by atoms with Crippen LogP contribution in [0.2, 0.25) is 10.0 Å². The molecule has 8 nitrogen and oxygen atoms in total. The lowest BCUT2D eigenvalue weighted by Gasteiger charge is -2.13. The Bertz CT molecular complexity index is 1070. The average Bonchev–Trinajstić information content (AvgIpc) is 2.97. The quantitative estimate of drug-likeness (QED) is 0.452. The van der Waals surface area contributed by atoms with Gasteiger partial charge in [0.2, 0.25) is 0 Å². The van der Waals surface area contributed by atoms with Crippen molar-refractivity contribution in [1.82, 2.24) is 10.2 Å². The molecule has 3 amide bonds. The molecule has 0 radical (unpaired) electrons. The molecular weight excluding hydrogens is 447 g/mol. The van der Waals surface area contributed by atoms with Crippen LogP contribution in [0.25, 0.3) is 6.08 Å². The number of aliphatic carboxylic acids is 1. The number of rotatable bonds is 8. The zero-order chi connectivity index (χ0) is 22.5. The van der Waals surface area contributed by atoms with Crippen LogP contribution in [-0.2, 0) is 16.2 Å². The molecule has 3 rings (SSSR count). The minimum Gasteiger partial charge on any atom is -0.490 e. The van der Waals surface area contributed by atoms with Gasteiger partial charge in [-0.05, 0) is 48.4 Å². The average molecular weight is 465 g/mol. The van der Waals surface area contributed by atoms with Crippen molar-refractivity contribution >= 4 is 47.2 Å². The Morgan fingerprint density at radius 2 is 1.87 bits per heavy atom. The summed E-state index contributed by atoms with van der Waals surface area (Å²) in [5, 5.41) is 12.1. The number of carboxylic acid groups (broad SMARTS) is 1. The van der Waals surface area contributed by atoms with Crippen LogP contribution in [0.4, 0.5) is 4.79 Å². The molecule has 2 aromatic carbocycles. The molecule has 0 bridgehead atoms. The molecule has 0 spiro atoms. The van der Waals surface area contributed by atoms with Gasteiger partial charge in [0.25, 0.3) is 5.91 Å². The van der Waals surface area contributed by atoms with E-state index >= 15 is 0 Å².